The minimum atomic E-state index is 0.263. The van der Waals surface area contributed by atoms with Crippen molar-refractivity contribution in [3.63, 3.8) is 0 Å². The molecule has 1 aliphatic rings. The topological polar surface area (TPSA) is 38.0 Å². The van der Waals surface area contributed by atoms with Gasteiger partial charge in [-0.25, -0.2) is 0 Å². The van der Waals surface area contributed by atoms with E-state index in [0.717, 1.165) is 12.8 Å². The van der Waals surface area contributed by atoms with E-state index < -0.39 is 0 Å². The molecular formula is C8H12N2O. The second-order valence-electron chi connectivity index (χ2n) is 3.12. The van der Waals surface area contributed by atoms with Gasteiger partial charge in [-0.15, -0.1) is 0 Å². The average molecular weight is 152 g/mol. The maximum absolute atomic E-state index is 8.99. The summed E-state index contributed by atoms with van der Waals surface area (Å²) in [7, 11) is 1.92. The predicted octanol–water partition coefficient (Wildman–Crippen LogP) is 0.442. The predicted molar refractivity (Wildman–Crippen MR) is 41.4 cm³/mol. The quantitative estimate of drug-likeness (QED) is 0.634. The summed E-state index contributed by atoms with van der Waals surface area (Å²) in [6, 6.07) is 0. The van der Waals surface area contributed by atoms with Gasteiger partial charge < -0.3 is 5.11 Å². The third kappa shape index (κ3) is 0.959. The number of rotatable bonds is 1. The maximum Gasteiger partial charge on any atom is 0.0660 e. The van der Waals surface area contributed by atoms with Gasteiger partial charge in [0.05, 0.1) is 12.3 Å². The van der Waals surface area contributed by atoms with Gasteiger partial charge in [0.15, 0.2) is 0 Å². The zero-order valence-electron chi connectivity index (χ0n) is 6.62. The molecule has 1 atom stereocenters. The molecule has 0 spiro atoms. The molecule has 0 saturated heterocycles. The molecule has 3 heteroatoms. The van der Waals surface area contributed by atoms with Crippen LogP contribution in [0.2, 0.25) is 0 Å². The van der Waals surface area contributed by atoms with Crippen LogP contribution in [-0.4, -0.2) is 21.5 Å². The Morgan fingerprint density at radius 3 is 3.36 bits per heavy atom. The number of aryl methyl sites for hydroxylation is 2. The van der Waals surface area contributed by atoms with Crippen molar-refractivity contribution >= 4 is 0 Å². The van der Waals surface area contributed by atoms with Crippen molar-refractivity contribution in [3.8, 4) is 0 Å². The summed E-state index contributed by atoms with van der Waals surface area (Å²) in [5.74, 6) is 0.346. The number of fused-ring (bicyclic) bond motifs is 1. The van der Waals surface area contributed by atoms with Crippen LogP contribution in [0.4, 0.5) is 0 Å². The molecule has 0 fully saturated rings. The van der Waals surface area contributed by atoms with Gasteiger partial charge in [-0.1, -0.05) is 0 Å². The molecule has 0 unspecified atom stereocenters. The lowest BCUT2D eigenvalue weighted by Crippen LogP contribution is -1.98. The highest BCUT2D eigenvalue weighted by molar-refractivity contribution is 5.27. The number of nitrogens with zero attached hydrogens (tertiary/aromatic N) is 2. The van der Waals surface area contributed by atoms with Gasteiger partial charge in [0.25, 0.3) is 0 Å². The van der Waals surface area contributed by atoms with Crippen LogP contribution in [0.1, 0.15) is 23.6 Å². The van der Waals surface area contributed by atoms with Crippen LogP contribution in [0.15, 0.2) is 6.20 Å². The normalized spacial score (nSPS) is 22.2. The molecular weight excluding hydrogens is 140 g/mol. The molecule has 0 amide bonds. The summed E-state index contributed by atoms with van der Waals surface area (Å²) in [4.78, 5) is 0. The SMILES string of the molecule is Cn1cc2c(n1)CC[C@H]2CO. The summed E-state index contributed by atoms with van der Waals surface area (Å²) in [5, 5.41) is 13.3. The van der Waals surface area contributed by atoms with Gasteiger partial charge in [-0.3, -0.25) is 4.68 Å². The van der Waals surface area contributed by atoms with E-state index in [4.69, 9.17) is 5.11 Å². The van der Waals surface area contributed by atoms with Crippen molar-refractivity contribution in [1.29, 1.82) is 0 Å². The second-order valence-corrected chi connectivity index (χ2v) is 3.12. The number of hydrogen-bond donors (Lipinski definition) is 1. The first-order chi connectivity index (χ1) is 5.31. The highest BCUT2D eigenvalue weighted by Gasteiger charge is 2.24. The molecule has 0 bridgehead atoms. The van der Waals surface area contributed by atoms with Crippen molar-refractivity contribution in [3.05, 3.63) is 17.5 Å². The molecule has 0 aliphatic heterocycles. The van der Waals surface area contributed by atoms with E-state index >= 15 is 0 Å². The minimum absolute atomic E-state index is 0.263. The van der Waals surface area contributed by atoms with Gasteiger partial charge in [0, 0.05) is 19.2 Å². The highest BCUT2D eigenvalue weighted by Crippen LogP contribution is 2.31. The second kappa shape index (κ2) is 2.34. The Kier molecular flexibility index (Phi) is 1.46. The van der Waals surface area contributed by atoms with E-state index in [9.17, 15) is 0 Å². The lowest BCUT2D eigenvalue weighted by molar-refractivity contribution is 0.264. The Hall–Kier alpha value is -0.830. The van der Waals surface area contributed by atoms with Crippen molar-refractivity contribution in [2.24, 2.45) is 7.05 Å². The van der Waals surface area contributed by atoms with Crippen LogP contribution >= 0.6 is 0 Å². The van der Waals surface area contributed by atoms with Crippen LogP contribution in [0, 0.1) is 0 Å². The smallest absolute Gasteiger partial charge is 0.0660 e. The summed E-state index contributed by atoms with van der Waals surface area (Å²) < 4.78 is 1.83. The van der Waals surface area contributed by atoms with E-state index in [-0.39, 0.29) is 6.61 Å². The van der Waals surface area contributed by atoms with Gasteiger partial charge in [0.1, 0.15) is 0 Å². The lowest BCUT2D eigenvalue weighted by Gasteiger charge is -2.02. The zero-order chi connectivity index (χ0) is 7.84. The van der Waals surface area contributed by atoms with E-state index in [2.05, 4.69) is 5.10 Å². The number of aromatic nitrogens is 2. The number of aliphatic hydroxyl groups excluding tert-OH is 1. The van der Waals surface area contributed by atoms with E-state index in [0.29, 0.717) is 5.92 Å². The number of hydrogen-bond acceptors (Lipinski definition) is 2. The summed E-state index contributed by atoms with van der Waals surface area (Å²) in [5.41, 5.74) is 2.42. The molecule has 1 heterocycles. The van der Waals surface area contributed by atoms with Crippen LogP contribution in [0.25, 0.3) is 0 Å². The van der Waals surface area contributed by atoms with Crippen LogP contribution < -0.4 is 0 Å². The van der Waals surface area contributed by atoms with Gasteiger partial charge in [-0.05, 0) is 18.4 Å². The van der Waals surface area contributed by atoms with Crippen LogP contribution in [0.5, 0.6) is 0 Å². The third-order valence-corrected chi connectivity index (χ3v) is 2.33. The molecule has 0 radical (unpaired) electrons. The van der Waals surface area contributed by atoms with Gasteiger partial charge in [0.2, 0.25) is 0 Å². The molecule has 1 N–H and O–H groups in total. The van der Waals surface area contributed by atoms with Crippen LogP contribution in [0.3, 0.4) is 0 Å². The maximum atomic E-state index is 8.99. The van der Waals surface area contributed by atoms with E-state index in [1.807, 2.05) is 17.9 Å². The largest absolute Gasteiger partial charge is 0.396 e. The molecule has 2 rings (SSSR count). The molecule has 1 aliphatic carbocycles. The highest BCUT2D eigenvalue weighted by atomic mass is 16.3. The zero-order valence-corrected chi connectivity index (χ0v) is 6.62. The number of aliphatic hydroxyl groups is 1. The van der Waals surface area contributed by atoms with Gasteiger partial charge >= 0.3 is 0 Å². The molecule has 60 valence electrons. The fourth-order valence-corrected chi connectivity index (χ4v) is 1.74. The minimum Gasteiger partial charge on any atom is -0.396 e. The molecule has 0 saturated carbocycles. The van der Waals surface area contributed by atoms with Crippen molar-refractivity contribution < 1.29 is 5.11 Å². The fourth-order valence-electron chi connectivity index (χ4n) is 1.74. The Balaban J connectivity index is 2.37. The fraction of sp³-hybridized carbons (Fsp3) is 0.625. The summed E-state index contributed by atoms with van der Waals surface area (Å²) in [6.07, 6.45) is 4.11. The molecule has 11 heavy (non-hydrogen) atoms. The Morgan fingerprint density at radius 1 is 1.82 bits per heavy atom. The monoisotopic (exact) mass is 152 g/mol. The van der Waals surface area contributed by atoms with Crippen molar-refractivity contribution in [2.45, 2.75) is 18.8 Å². The molecule has 0 aromatic carbocycles. The molecule has 1 aromatic heterocycles. The van der Waals surface area contributed by atoms with Crippen molar-refractivity contribution in [2.75, 3.05) is 6.61 Å². The van der Waals surface area contributed by atoms with E-state index in [1.165, 1.54) is 11.3 Å². The first-order valence-electron chi connectivity index (χ1n) is 3.94. The summed E-state index contributed by atoms with van der Waals surface area (Å²) in [6.45, 7) is 0.263. The Labute approximate surface area is 65.7 Å². The lowest BCUT2D eigenvalue weighted by atomic mass is 10.1. The Bertz CT molecular complexity index is 267. The van der Waals surface area contributed by atoms with E-state index in [1.54, 1.807) is 0 Å². The first-order valence-corrected chi connectivity index (χ1v) is 3.94. The third-order valence-electron chi connectivity index (χ3n) is 2.33. The average Bonchev–Trinajstić information content (AvgIpc) is 2.45. The Morgan fingerprint density at radius 2 is 2.64 bits per heavy atom. The summed E-state index contributed by atoms with van der Waals surface area (Å²) >= 11 is 0. The molecule has 1 aromatic rings. The van der Waals surface area contributed by atoms with Crippen molar-refractivity contribution in [1.82, 2.24) is 9.78 Å². The molecule has 3 nitrogen and oxygen atoms in total. The standard InChI is InChI=1S/C8H12N2O/c1-10-4-7-6(5-11)2-3-8(7)9-10/h4,6,11H,2-3,5H2,1H3/t6-/m0/s1. The van der Waals surface area contributed by atoms with Gasteiger partial charge in [-0.2, -0.15) is 5.10 Å². The first kappa shape index (κ1) is 6.85. The van der Waals surface area contributed by atoms with Crippen LogP contribution in [-0.2, 0) is 13.5 Å².